The molecule has 0 saturated heterocycles. The summed E-state index contributed by atoms with van der Waals surface area (Å²) in [7, 11) is 0. The highest BCUT2D eigenvalue weighted by molar-refractivity contribution is 6.12. The number of aryl methyl sites for hydroxylation is 4. The van der Waals surface area contributed by atoms with E-state index < -0.39 is 0 Å². The summed E-state index contributed by atoms with van der Waals surface area (Å²) < 4.78 is 0. The Morgan fingerprint density at radius 3 is 0.706 bits per heavy atom. The minimum atomic E-state index is -0.280. The first-order valence-corrected chi connectivity index (χ1v) is 54.0. The zero-order valence-electron chi connectivity index (χ0n) is 87.4. The number of unbranched alkanes of at least 4 members (excludes halogenated alkanes) is 10. The van der Waals surface area contributed by atoms with Gasteiger partial charge in [-0.1, -0.05) is 417 Å². The number of hydrogen-bond donors (Lipinski definition) is 0. The van der Waals surface area contributed by atoms with Gasteiger partial charge >= 0.3 is 0 Å². The molecule has 0 spiro atoms. The van der Waals surface area contributed by atoms with Gasteiger partial charge < -0.3 is 0 Å². The highest BCUT2D eigenvalue weighted by Gasteiger charge is 2.50. The van der Waals surface area contributed by atoms with Crippen molar-refractivity contribution in [3.8, 4) is 167 Å². The molecule has 0 bridgehead atoms. The van der Waals surface area contributed by atoms with E-state index in [-0.39, 0.29) is 37.9 Å². The summed E-state index contributed by atoms with van der Waals surface area (Å²) >= 11 is 0. The van der Waals surface area contributed by atoms with Crippen molar-refractivity contribution in [3.05, 3.63) is 416 Å². The molecule has 7 aliphatic rings. The average Bonchev–Trinajstić information content (AvgIpc) is 1.51. The maximum atomic E-state index is 2.81. The Bertz CT molecular complexity index is 7920. The van der Waals surface area contributed by atoms with E-state index in [9.17, 15) is 0 Å². The fourth-order valence-electron chi connectivity index (χ4n) is 28.7. The van der Waals surface area contributed by atoms with Crippen LogP contribution in [0.25, 0.3) is 188 Å². The van der Waals surface area contributed by atoms with Gasteiger partial charge in [0.25, 0.3) is 0 Å². The Labute approximate surface area is 850 Å². The van der Waals surface area contributed by atoms with Crippen LogP contribution >= 0.6 is 0 Å². The third-order valence-electron chi connectivity index (χ3n) is 36.8. The van der Waals surface area contributed by atoms with E-state index in [1.165, 1.54) is 355 Å². The van der Waals surface area contributed by atoms with Crippen molar-refractivity contribution in [2.75, 3.05) is 0 Å². The molecular formula is C143H134. The molecule has 18 aromatic carbocycles. The first kappa shape index (κ1) is 90.7. The lowest BCUT2D eigenvalue weighted by atomic mass is 9.69. The second kappa shape index (κ2) is 33.3. The highest BCUT2D eigenvalue weighted by atomic mass is 14.5. The molecule has 0 heterocycles. The monoisotopic (exact) mass is 1850 g/mol. The summed E-state index contributed by atoms with van der Waals surface area (Å²) in [5, 5.41) is 5.35. The summed E-state index contributed by atoms with van der Waals surface area (Å²) in [6, 6.07) is 126. The Hall–Kier alpha value is -13.5. The van der Waals surface area contributed by atoms with Crippen molar-refractivity contribution in [3.63, 3.8) is 0 Å². The largest absolute Gasteiger partial charge is 0.0654 e. The molecule has 0 saturated carbocycles. The molecule has 0 unspecified atom stereocenters. The van der Waals surface area contributed by atoms with Crippen LogP contribution in [-0.2, 0) is 37.9 Å². The van der Waals surface area contributed by atoms with Crippen molar-refractivity contribution in [1.29, 1.82) is 0 Å². The van der Waals surface area contributed by atoms with Gasteiger partial charge in [-0.15, -0.1) is 0 Å². The first-order chi connectivity index (χ1) is 69.0. The van der Waals surface area contributed by atoms with E-state index in [1.807, 2.05) is 0 Å². The predicted molar refractivity (Wildman–Crippen MR) is 611 cm³/mol. The Balaban J connectivity index is 0.519. The summed E-state index contributed by atoms with van der Waals surface area (Å²) in [6.45, 7) is 43.4. The minimum Gasteiger partial charge on any atom is -0.0654 e. The molecule has 143 heavy (non-hydrogen) atoms. The molecular weight excluding hydrogens is 1720 g/mol. The number of benzene rings is 18. The van der Waals surface area contributed by atoms with Crippen molar-refractivity contribution in [2.45, 2.75) is 252 Å². The van der Waals surface area contributed by atoms with Gasteiger partial charge in [0, 0.05) is 37.9 Å². The molecule has 0 atom stereocenters. The van der Waals surface area contributed by atoms with E-state index in [1.54, 1.807) is 11.1 Å². The molecule has 0 fully saturated rings. The fraction of sp³-hybridized carbons (Fsp3) is 0.273. The van der Waals surface area contributed by atoms with E-state index in [0.717, 1.165) is 12.8 Å². The van der Waals surface area contributed by atoms with E-state index in [4.69, 9.17) is 0 Å². The van der Waals surface area contributed by atoms with Gasteiger partial charge in [0.2, 0.25) is 0 Å². The van der Waals surface area contributed by atoms with Crippen LogP contribution in [0.5, 0.6) is 0 Å². The van der Waals surface area contributed by atoms with Crippen molar-refractivity contribution < 1.29 is 0 Å². The lowest BCUT2D eigenvalue weighted by Gasteiger charge is -2.34. The average molecular weight is 1850 g/mol. The van der Waals surface area contributed by atoms with Gasteiger partial charge in [0.15, 0.2) is 0 Å². The lowest BCUT2D eigenvalue weighted by Crippen LogP contribution is -2.26. The lowest BCUT2D eigenvalue weighted by molar-refractivity contribution is 0.398. The van der Waals surface area contributed by atoms with Crippen LogP contribution < -0.4 is 0 Å². The summed E-state index contributed by atoms with van der Waals surface area (Å²) in [4.78, 5) is 0. The Morgan fingerprint density at radius 1 is 0.154 bits per heavy atom. The molecule has 0 aliphatic heterocycles. The minimum absolute atomic E-state index is 0.0474. The number of hydrogen-bond acceptors (Lipinski definition) is 0. The Kier molecular flexibility index (Phi) is 21.1. The number of fused-ring (bicyclic) bond motifs is 25. The molecule has 706 valence electrons. The molecule has 0 nitrogen and oxygen atoms in total. The SMILES string of the molecule is CCCCCCCCC1(CCCCCCCC)c2cc3c(cc2-c2cc4c(cc21)-c1c(cc(-c2ccc(-c5cc(C)c(-c6ccc7c(c6)C(C)(C)c6cc(-c8ccc9c(c8)C(C)(C)c8ccccc8-9)ccc6-7)cc5C)cc2)c2ccccc12)C4(C)C)C(C)(C)c1cc(-c2ccc(-c4cc(C)c(-c5ccc6c(c5)C(C)(C)c5cc(-c7ccc8c(c7)C(C)(C)c7ccccc7-8)ccc5-6)cc4C)cc2)c2ccccc2c1-3. The standard InChI is InChI=1S/C143H134/c1-19-21-23-25-27-37-67-143(68-38-28-26-24-22-20-2)131-83-119-129(141(15,16)133-79-115(99-39-29-31-43-109(99)135(119)133)91-51-47-89(48-52-91)111-69-87(5)113(71-85(111)3)97-59-65-107-105-63-57-95(75-125(105)139(11,12)127(107)77-97)93-55-61-103-101-41-33-35-45-121(101)137(7,8)123(103)73-93)81-117(131)118-82-130-120(84-132(118)143)136-110-44-32-30-40-100(110)116(80-134(136)142(130,17)18)92-53-49-90(50-54-92)112-70-88(6)114(72-86(112)4)98-60-66-108-106-64-58-96(76-126(106)140(13,14)128(108)78-98)94-56-62-104-102-42-34-36-46-122(102)138(9,10)124(104)74-94/h29-36,39-66,69-84H,19-28,37-38,67-68H2,1-18H3. The smallest absolute Gasteiger partial charge is 0.0215 e. The second-order valence-electron chi connectivity index (χ2n) is 47.3. The van der Waals surface area contributed by atoms with E-state index >= 15 is 0 Å². The molecule has 18 aromatic rings. The molecule has 0 amide bonds. The summed E-state index contributed by atoms with van der Waals surface area (Å²) in [6.07, 6.45) is 17.7. The van der Waals surface area contributed by atoms with Crippen LogP contribution in [0.4, 0.5) is 0 Å². The van der Waals surface area contributed by atoms with Crippen LogP contribution in [0.15, 0.2) is 315 Å². The van der Waals surface area contributed by atoms with Gasteiger partial charge in [-0.05, 0) is 402 Å². The normalized spacial score (nSPS) is 15.7. The Morgan fingerprint density at radius 2 is 0.378 bits per heavy atom. The van der Waals surface area contributed by atoms with Gasteiger partial charge in [-0.2, -0.15) is 0 Å². The zero-order chi connectivity index (χ0) is 98.2. The quantitative estimate of drug-likeness (QED) is 0.0593. The molecule has 0 aromatic heterocycles. The fourth-order valence-corrected chi connectivity index (χ4v) is 28.7. The van der Waals surface area contributed by atoms with Crippen molar-refractivity contribution in [1.82, 2.24) is 0 Å². The van der Waals surface area contributed by atoms with Gasteiger partial charge in [-0.3, -0.25) is 0 Å². The number of rotatable bonds is 22. The van der Waals surface area contributed by atoms with Crippen molar-refractivity contribution in [2.24, 2.45) is 0 Å². The maximum absolute atomic E-state index is 2.81. The maximum Gasteiger partial charge on any atom is 0.0215 e. The van der Waals surface area contributed by atoms with Gasteiger partial charge in [0.1, 0.15) is 0 Å². The molecule has 0 N–H and O–H groups in total. The topological polar surface area (TPSA) is 0 Å². The van der Waals surface area contributed by atoms with Crippen LogP contribution in [0, 0.1) is 27.7 Å². The molecule has 0 radical (unpaired) electrons. The predicted octanol–water partition coefficient (Wildman–Crippen LogP) is 40.2. The van der Waals surface area contributed by atoms with E-state index in [0.29, 0.717) is 0 Å². The van der Waals surface area contributed by atoms with E-state index in [2.05, 4.69) is 440 Å². The zero-order valence-corrected chi connectivity index (χ0v) is 87.4. The van der Waals surface area contributed by atoms with Crippen LogP contribution in [-0.4, -0.2) is 0 Å². The van der Waals surface area contributed by atoms with Crippen LogP contribution in [0.3, 0.4) is 0 Å². The molecule has 7 aliphatic carbocycles. The van der Waals surface area contributed by atoms with Crippen molar-refractivity contribution >= 4 is 21.5 Å². The second-order valence-corrected chi connectivity index (χ2v) is 47.3. The third kappa shape index (κ3) is 13.8. The first-order valence-electron chi connectivity index (χ1n) is 54.0. The summed E-state index contributed by atoms with van der Waals surface area (Å²) in [5.41, 5.74) is 64.3. The highest BCUT2D eigenvalue weighted by Crippen LogP contribution is 2.66. The molecule has 25 rings (SSSR count). The van der Waals surface area contributed by atoms with Gasteiger partial charge in [0.05, 0.1) is 0 Å². The summed E-state index contributed by atoms with van der Waals surface area (Å²) in [5.74, 6) is 0. The van der Waals surface area contributed by atoms with Crippen LogP contribution in [0.1, 0.15) is 287 Å². The molecule has 0 heteroatoms. The third-order valence-corrected chi connectivity index (χ3v) is 36.8. The van der Waals surface area contributed by atoms with Crippen LogP contribution in [0.2, 0.25) is 0 Å². The van der Waals surface area contributed by atoms with Gasteiger partial charge in [-0.25, -0.2) is 0 Å².